The number of hydrogen-bond donors (Lipinski definition) is 1. The van der Waals surface area contributed by atoms with Gasteiger partial charge in [-0.1, -0.05) is 18.2 Å². The fourth-order valence-corrected chi connectivity index (χ4v) is 2.08. The molecule has 0 saturated heterocycles. The number of benzene rings is 1. The minimum absolute atomic E-state index is 0.0714. The number of anilines is 1. The molecule has 0 saturated carbocycles. The summed E-state index contributed by atoms with van der Waals surface area (Å²) in [5.41, 5.74) is 0.481. The molecule has 1 amide bonds. The molecule has 1 rings (SSSR count). The van der Waals surface area contributed by atoms with Gasteiger partial charge in [-0.05, 0) is 19.1 Å². The molecule has 1 unspecified atom stereocenters. The summed E-state index contributed by atoms with van der Waals surface area (Å²) < 4.78 is 23.0. The summed E-state index contributed by atoms with van der Waals surface area (Å²) in [5.74, 6) is -1.68. The van der Waals surface area contributed by atoms with E-state index in [9.17, 15) is 18.0 Å². The molecule has 20 heavy (non-hydrogen) atoms. The molecule has 110 valence electrons. The Morgan fingerprint density at radius 1 is 1.25 bits per heavy atom. The number of carbonyl (C=O) groups is 2. The van der Waals surface area contributed by atoms with Crippen LogP contribution in [0, 0.1) is 0 Å². The van der Waals surface area contributed by atoms with Gasteiger partial charge in [0.25, 0.3) is 0 Å². The van der Waals surface area contributed by atoms with E-state index in [-0.39, 0.29) is 13.0 Å². The zero-order valence-corrected chi connectivity index (χ0v) is 12.1. The maximum Gasteiger partial charge on any atom is 0.305 e. The highest BCUT2D eigenvalue weighted by Gasteiger charge is 2.29. The average Bonchev–Trinajstić information content (AvgIpc) is 2.37. The van der Waals surface area contributed by atoms with Crippen molar-refractivity contribution in [2.75, 3.05) is 17.7 Å². The van der Waals surface area contributed by atoms with E-state index in [0.717, 1.165) is 6.26 Å². The van der Waals surface area contributed by atoms with Crippen LogP contribution in [-0.2, 0) is 19.4 Å². The minimum atomic E-state index is -3.53. The van der Waals surface area contributed by atoms with E-state index >= 15 is 0 Å². The molecule has 1 aromatic rings. The van der Waals surface area contributed by atoms with Crippen molar-refractivity contribution in [3.63, 3.8) is 0 Å². The Kier molecular flexibility index (Phi) is 5.26. The number of carboxylic acids is 1. The van der Waals surface area contributed by atoms with Crippen molar-refractivity contribution in [3.8, 4) is 0 Å². The Hall–Kier alpha value is -1.89. The van der Waals surface area contributed by atoms with Crippen molar-refractivity contribution in [1.29, 1.82) is 0 Å². The van der Waals surface area contributed by atoms with Crippen LogP contribution in [0.4, 0.5) is 5.69 Å². The van der Waals surface area contributed by atoms with Gasteiger partial charge >= 0.3 is 5.97 Å². The summed E-state index contributed by atoms with van der Waals surface area (Å²) >= 11 is 0. The second kappa shape index (κ2) is 6.51. The topological polar surface area (TPSA) is 91.8 Å². The van der Waals surface area contributed by atoms with Crippen LogP contribution < -0.4 is 4.90 Å². The number of rotatable bonds is 6. The number of nitrogens with zero attached hydrogens (tertiary/aromatic N) is 1. The van der Waals surface area contributed by atoms with Crippen LogP contribution in [0.2, 0.25) is 0 Å². The van der Waals surface area contributed by atoms with Crippen LogP contribution in [0.5, 0.6) is 0 Å². The van der Waals surface area contributed by atoms with Crippen LogP contribution >= 0.6 is 0 Å². The van der Waals surface area contributed by atoms with Gasteiger partial charge in [0.05, 0.1) is 6.42 Å². The smallest absolute Gasteiger partial charge is 0.305 e. The van der Waals surface area contributed by atoms with E-state index in [2.05, 4.69) is 0 Å². The van der Waals surface area contributed by atoms with Gasteiger partial charge in [0.15, 0.2) is 9.84 Å². The Labute approximate surface area is 117 Å². The lowest BCUT2D eigenvalue weighted by atomic mass is 10.2. The summed E-state index contributed by atoms with van der Waals surface area (Å²) in [6, 6.07) is 8.41. The quantitative estimate of drug-likeness (QED) is 0.843. The largest absolute Gasteiger partial charge is 0.481 e. The van der Waals surface area contributed by atoms with Crippen molar-refractivity contribution >= 4 is 27.4 Å². The second-order valence-corrected chi connectivity index (χ2v) is 6.81. The average molecular weight is 299 g/mol. The third-order valence-corrected chi connectivity index (χ3v) is 4.36. The molecule has 6 nitrogen and oxygen atoms in total. The number of amides is 1. The summed E-state index contributed by atoms with van der Waals surface area (Å²) in [5, 5.41) is 7.52. The molecule has 1 atom stereocenters. The summed E-state index contributed by atoms with van der Waals surface area (Å²) in [7, 11) is -3.53. The first-order valence-electron chi connectivity index (χ1n) is 6.00. The fourth-order valence-electron chi connectivity index (χ4n) is 1.58. The van der Waals surface area contributed by atoms with Crippen LogP contribution in [0.1, 0.15) is 13.3 Å². The molecule has 0 aliphatic carbocycles. The molecule has 7 heteroatoms. The molecule has 0 radical (unpaired) electrons. The highest BCUT2D eigenvalue weighted by molar-refractivity contribution is 7.92. The Balaban J connectivity index is 3.05. The fraction of sp³-hybridized carbons (Fsp3) is 0.385. The lowest BCUT2D eigenvalue weighted by Crippen LogP contribution is -2.42. The highest BCUT2D eigenvalue weighted by Crippen LogP contribution is 2.17. The normalized spacial score (nSPS) is 12.7. The van der Waals surface area contributed by atoms with Crippen molar-refractivity contribution in [2.45, 2.75) is 18.6 Å². The number of hydrogen-bond acceptors (Lipinski definition) is 4. The number of carbonyl (C=O) groups excluding carboxylic acids is 1. The van der Waals surface area contributed by atoms with Crippen molar-refractivity contribution < 1.29 is 23.1 Å². The monoisotopic (exact) mass is 299 g/mol. The van der Waals surface area contributed by atoms with Gasteiger partial charge in [0.2, 0.25) is 5.91 Å². The Morgan fingerprint density at radius 3 is 2.25 bits per heavy atom. The van der Waals surface area contributed by atoms with Gasteiger partial charge in [-0.25, -0.2) is 8.42 Å². The zero-order chi connectivity index (χ0) is 15.3. The van der Waals surface area contributed by atoms with E-state index in [1.807, 2.05) is 0 Å². The van der Waals surface area contributed by atoms with Gasteiger partial charge in [-0.2, -0.15) is 0 Å². The summed E-state index contributed by atoms with van der Waals surface area (Å²) in [6.07, 6.45) is 0.729. The summed E-state index contributed by atoms with van der Waals surface area (Å²) in [4.78, 5) is 24.1. The molecule has 0 heterocycles. The van der Waals surface area contributed by atoms with Crippen molar-refractivity contribution in [2.24, 2.45) is 0 Å². The van der Waals surface area contributed by atoms with E-state index in [1.54, 1.807) is 30.3 Å². The molecule has 0 aromatic heterocycles. The molecule has 1 aromatic carbocycles. The molecule has 0 aliphatic heterocycles. The van der Waals surface area contributed by atoms with Crippen molar-refractivity contribution in [3.05, 3.63) is 30.3 Å². The maximum atomic E-state index is 12.3. The van der Waals surface area contributed by atoms with Crippen molar-refractivity contribution in [1.82, 2.24) is 0 Å². The molecule has 0 bridgehead atoms. The first-order chi connectivity index (χ1) is 9.23. The molecule has 0 aliphatic rings. The summed E-state index contributed by atoms with van der Waals surface area (Å²) in [6.45, 7) is 1.23. The lowest BCUT2D eigenvalue weighted by molar-refractivity contribution is -0.136. The number of para-hydroxylation sites is 1. The van der Waals surface area contributed by atoms with E-state index in [4.69, 9.17) is 5.11 Å². The SMILES string of the molecule is CC(C(=O)N(CCC(=O)O)c1ccccc1)S(C)(=O)=O. The minimum Gasteiger partial charge on any atom is -0.481 e. The Morgan fingerprint density at radius 2 is 1.80 bits per heavy atom. The van der Waals surface area contributed by atoms with E-state index in [0.29, 0.717) is 5.69 Å². The predicted octanol–water partition coefficient (Wildman–Crippen LogP) is 0.927. The standard InChI is InChI=1S/C13H17NO5S/c1-10(20(2,18)19)13(17)14(9-8-12(15)16)11-6-4-3-5-7-11/h3-7,10H,8-9H2,1-2H3,(H,15,16). The predicted molar refractivity (Wildman–Crippen MR) is 75.4 cm³/mol. The molecule has 0 spiro atoms. The molecular weight excluding hydrogens is 282 g/mol. The highest BCUT2D eigenvalue weighted by atomic mass is 32.2. The van der Waals surface area contributed by atoms with Gasteiger partial charge in [0, 0.05) is 18.5 Å². The van der Waals surface area contributed by atoms with Crippen LogP contribution in [0.15, 0.2) is 30.3 Å². The van der Waals surface area contributed by atoms with Gasteiger partial charge in [-0.15, -0.1) is 0 Å². The third kappa shape index (κ3) is 4.34. The lowest BCUT2D eigenvalue weighted by Gasteiger charge is -2.24. The first-order valence-corrected chi connectivity index (χ1v) is 7.96. The van der Waals surface area contributed by atoms with Crippen LogP contribution in [0.25, 0.3) is 0 Å². The number of carboxylic acid groups (broad SMARTS) is 1. The van der Waals surface area contributed by atoms with Crippen LogP contribution in [-0.4, -0.2) is 43.5 Å². The maximum absolute atomic E-state index is 12.3. The molecule has 1 N–H and O–H groups in total. The second-order valence-electron chi connectivity index (χ2n) is 4.44. The van der Waals surface area contributed by atoms with Crippen LogP contribution in [0.3, 0.4) is 0 Å². The van der Waals surface area contributed by atoms with Gasteiger partial charge in [0.1, 0.15) is 5.25 Å². The molecular formula is C13H17NO5S. The third-order valence-electron chi connectivity index (χ3n) is 2.87. The van der Waals surface area contributed by atoms with Gasteiger partial charge < -0.3 is 10.0 Å². The van der Waals surface area contributed by atoms with E-state index in [1.165, 1.54) is 11.8 Å². The zero-order valence-electron chi connectivity index (χ0n) is 11.3. The van der Waals surface area contributed by atoms with E-state index < -0.39 is 27.0 Å². The number of aliphatic carboxylic acids is 1. The van der Waals surface area contributed by atoms with Gasteiger partial charge in [-0.3, -0.25) is 9.59 Å². The Bertz CT molecular complexity index is 582. The molecule has 0 fully saturated rings. The first kappa shape index (κ1) is 16.2. The number of sulfone groups is 1.